The van der Waals surface area contributed by atoms with E-state index in [1.807, 2.05) is 6.07 Å². The van der Waals surface area contributed by atoms with Crippen molar-refractivity contribution in [3.8, 4) is 0 Å². The molecule has 0 heterocycles. The van der Waals surface area contributed by atoms with Crippen molar-refractivity contribution in [2.75, 3.05) is 0 Å². The van der Waals surface area contributed by atoms with Crippen LogP contribution in [0, 0.1) is 0 Å². The van der Waals surface area contributed by atoms with Gasteiger partial charge in [0.15, 0.2) is 0 Å². The van der Waals surface area contributed by atoms with Gasteiger partial charge in [-0.05, 0) is 40.1 Å². The van der Waals surface area contributed by atoms with E-state index >= 15 is 0 Å². The van der Waals surface area contributed by atoms with E-state index in [0.29, 0.717) is 10.4 Å². The molecule has 2 aromatic carbocycles. The maximum Gasteiger partial charge on any atom is 0.0412 e. The normalized spacial score (nSPS) is 13.0. The molecule has 0 bridgehead atoms. The van der Waals surface area contributed by atoms with Crippen molar-refractivity contribution in [2.24, 2.45) is 0 Å². The van der Waals surface area contributed by atoms with Crippen LogP contribution in [0.2, 0.25) is 5.02 Å². The molecular formula is C10H6ClO2S-. The molecule has 1 unspecified atom stereocenters. The third kappa shape index (κ3) is 1.66. The van der Waals surface area contributed by atoms with Crippen LogP contribution in [0.3, 0.4) is 0 Å². The molecule has 0 aliphatic carbocycles. The monoisotopic (exact) mass is 225 g/mol. The summed E-state index contributed by atoms with van der Waals surface area (Å²) in [6, 6.07) is 10.3. The van der Waals surface area contributed by atoms with Gasteiger partial charge in [0.05, 0.1) is 0 Å². The molecule has 0 aromatic heterocycles. The molecule has 0 aliphatic rings. The second-order valence-electron chi connectivity index (χ2n) is 2.86. The number of rotatable bonds is 1. The maximum absolute atomic E-state index is 10.9. The molecule has 0 saturated heterocycles. The smallest absolute Gasteiger partial charge is 0.0412 e. The lowest BCUT2D eigenvalue weighted by atomic mass is 10.1. The Hall–Kier alpha value is -0.900. The van der Waals surface area contributed by atoms with Gasteiger partial charge in [-0.3, -0.25) is 4.21 Å². The zero-order valence-corrected chi connectivity index (χ0v) is 8.64. The Labute approximate surface area is 88.8 Å². The summed E-state index contributed by atoms with van der Waals surface area (Å²) in [6.45, 7) is 0. The highest BCUT2D eigenvalue weighted by Gasteiger charge is 2.01. The summed E-state index contributed by atoms with van der Waals surface area (Å²) < 4.78 is 21.8. The average Bonchev–Trinajstić information content (AvgIpc) is 2.16. The first-order chi connectivity index (χ1) is 6.68. The van der Waals surface area contributed by atoms with Crippen LogP contribution in [-0.2, 0) is 11.1 Å². The third-order valence-corrected chi connectivity index (χ3v) is 2.93. The summed E-state index contributed by atoms with van der Waals surface area (Å²) in [7, 11) is 0. The highest BCUT2D eigenvalue weighted by Crippen LogP contribution is 2.24. The van der Waals surface area contributed by atoms with E-state index in [1.54, 1.807) is 30.3 Å². The van der Waals surface area contributed by atoms with E-state index in [-0.39, 0.29) is 4.90 Å². The molecule has 2 aromatic rings. The average molecular weight is 226 g/mol. The van der Waals surface area contributed by atoms with E-state index in [4.69, 9.17) is 11.6 Å². The Kier molecular flexibility index (Phi) is 2.54. The molecule has 14 heavy (non-hydrogen) atoms. The van der Waals surface area contributed by atoms with Crippen molar-refractivity contribution in [1.82, 2.24) is 0 Å². The fraction of sp³-hybridized carbons (Fsp3) is 0. The van der Waals surface area contributed by atoms with Crippen molar-refractivity contribution >= 4 is 33.5 Å². The minimum absolute atomic E-state index is 0.282. The van der Waals surface area contributed by atoms with Gasteiger partial charge in [0.25, 0.3) is 0 Å². The predicted octanol–water partition coefficient (Wildman–Crippen LogP) is 2.73. The second-order valence-corrected chi connectivity index (χ2v) is 4.20. The summed E-state index contributed by atoms with van der Waals surface area (Å²) in [5, 5.41) is 2.07. The molecular weight excluding hydrogens is 220 g/mol. The van der Waals surface area contributed by atoms with E-state index < -0.39 is 11.1 Å². The lowest BCUT2D eigenvalue weighted by Gasteiger charge is -2.08. The minimum Gasteiger partial charge on any atom is -0.768 e. The molecule has 1 atom stereocenters. The zero-order valence-electron chi connectivity index (χ0n) is 7.07. The fourth-order valence-corrected chi connectivity index (χ4v) is 2.08. The number of benzene rings is 2. The Morgan fingerprint density at radius 1 is 1.21 bits per heavy atom. The summed E-state index contributed by atoms with van der Waals surface area (Å²) in [5.41, 5.74) is 0. The van der Waals surface area contributed by atoms with Gasteiger partial charge < -0.3 is 4.55 Å². The zero-order chi connectivity index (χ0) is 10.1. The molecule has 2 nitrogen and oxygen atoms in total. The first-order valence-corrected chi connectivity index (χ1v) is 5.41. The Morgan fingerprint density at radius 2 is 2.00 bits per heavy atom. The fourth-order valence-electron chi connectivity index (χ4n) is 1.36. The van der Waals surface area contributed by atoms with Crippen LogP contribution in [0.25, 0.3) is 10.8 Å². The van der Waals surface area contributed by atoms with E-state index in [2.05, 4.69) is 0 Å². The molecule has 0 fully saturated rings. The van der Waals surface area contributed by atoms with Crippen LogP contribution < -0.4 is 0 Å². The van der Waals surface area contributed by atoms with Gasteiger partial charge in [-0.25, -0.2) is 0 Å². The molecule has 0 aliphatic heterocycles. The van der Waals surface area contributed by atoms with Crippen LogP contribution in [0.5, 0.6) is 0 Å². The SMILES string of the molecule is O=S([O-])c1cccc2ccc(Cl)cc12. The largest absolute Gasteiger partial charge is 0.768 e. The van der Waals surface area contributed by atoms with E-state index in [9.17, 15) is 8.76 Å². The van der Waals surface area contributed by atoms with Gasteiger partial charge in [-0.15, -0.1) is 0 Å². The number of fused-ring (bicyclic) bond motifs is 1. The van der Waals surface area contributed by atoms with Gasteiger partial charge >= 0.3 is 0 Å². The number of halogens is 1. The number of hydrogen-bond acceptors (Lipinski definition) is 2. The molecule has 0 N–H and O–H groups in total. The van der Waals surface area contributed by atoms with Crippen molar-refractivity contribution in [2.45, 2.75) is 4.90 Å². The Morgan fingerprint density at radius 3 is 2.71 bits per heavy atom. The highest BCUT2D eigenvalue weighted by molar-refractivity contribution is 7.79. The van der Waals surface area contributed by atoms with Gasteiger partial charge in [0.2, 0.25) is 0 Å². The van der Waals surface area contributed by atoms with Crippen LogP contribution in [-0.4, -0.2) is 8.76 Å². The molecule has 72 valence electrons. The van der Waals surface area contributed by atoms with Gasteiger partial charge in [0.1, 0.15) is 0 Å². The molecule has 0 saturated carbocycles. The summed E-state index contributed by atoms with van der Waals surface area (Å²) in [4.78, 5) is 0.282. The molecule has 2 rings (SSSR count). The summed E-state index contributed by atoms with van der Waals surface area (Å²) in [6.07, 6.45) is 0. The van der Waals surface area contributed by atoms with E-state index in [1.165, 1.54) is 0 Å². The molecule has 0 amide bonds. The van der Waals surface area contributed by atoms with Gasteiger partial charge in [0, 0.05) is 9.92 Å². The third-order valence-electron chi connectivity index (χ3n) is 1.98. The van der Waals surface area contributed by atoms with Gasteiger partial charge in [-0.2, -0.15) is 0 Å². The summed E-state index contributed by atoms with van der Waals surface area (Å²) in [5.74, 6) is 0. The lowest BCUT2D eigenvalue weighted by Crippen LogP contribution is -1.89. The van der Waals surface area contributed by atoms with Crippen molar-refractivity contribution in [3.63, 3.8) is 0 Å². The van der Waals surface area contributed by atoms with Crippen molar-refractivity contribution in [1.29, 1.82) is 0 Å². The highest BCUT2D eigenvalue weighted by atomic mass is 35.5. The van der Waals surface area contributed by atoms with Crippen LogP contribution in [0.1, 0.15) is 0 Å². The minimum atomic E-state index is -2.22. The van der Waals surface area contributed by atoms with Crippen LogP contribution >= 0.6 is 11.6 Å². The van der Waals surface area contributed by atoms with Gasteiger partial charge in [-0.1, -0.05) is 29.8 Å². The van der Waals surface area contributed by atoms with Crippen molar-refractivity contribution in [3.05, 3.63) is 41.4 Å². The maximum atomic E-state index is 10.9. The van der Waals surface area contributed by atoms with Crippen LogP contribution in [0.15, 0.2) is 41.3 Å². The lowest BCUT2D eigenvalue weighted by molar-refractivity contribution is 0.538. The molecule has 0 spiro atoms. The first-order valence-electron chi connectivity index (χ1n) is 3.96. The van der Waals surface area contributed by atoms with E-state index in [0.717, 1.165) is 5.39 Å². The molecule has 4 heteroatoms. The topological polar surface area (TPSA) is 40.1 Å². The second kappa shape index (κ2) is 3.69. The summed E-state index contributed by atoms with van der Waals surface area (Å²) >= 11 is 3.57. The quantitative estimate of drug-likeness (QED) is 0.701. The molecule has 0 radical (unpaired) electrons. The Balaban J connectivity index is 2.84. The van der Waals surface area contributed by atoms with Crippen LogP contribution in [0.4, 0.5) is 0 Å². The standard InChI is InChI=1S/C10H7ClO2S/c11-8-5-4-7-2-1-3-10(14(12)13)9(7)6-8/h1-6H,(H,12,13)/p-1. The predicted molar refractivity (Wildman–Crippen MR) is 56.1 cm³/mol. The Bertz CT molecular complexity index is 510. The number of hydrogen-bond donors (Lipinski definition) is 0. The van der Waals surface area contributed by atoms with Crippen molar-refractivity contribution < 1.29 is 8.76 Å². The first kappa shape index (κ1) is 9.65.